The van der Waals surface area contributed by atoms with E-state index in [2.05, 4.69) is 0 Å². The average molecular weight is 127 g/mol. The molecular weight excluding hydrogens is 118 g/mol. The van der Waals surface area contributed by atoms with Crippen molar-refractivity contribution in [3.8, 4) is 0 Å². The van der Waals surface area contributed by atoms with Crippen molar-refractivity contribution in [1.29, 1.82) is 0 Å². The van der Waals surface area contributed by atoms with Gasteiger partial charge in [-0.1, -0.05) is 0 Å². The summed E-state index contributed by atoms with van der Waals surface area (Å²) in [5, 5.41) is 0. The van der Waals surface area contributed by atoms with Crippen molar-refractivity contribution < 1.29 is 9.59 Å². The second-order valence-electron chi connectivity index (χ2n) is 1.70. The third-order valence-electron chi connectivity index (χ3n) is 0.705. The molecule has 0 saturated carbocycles. The van der Waals surface area contributed by atoms with Gasteiger partial charge in [-0.25, -0.2) is 0 Å². The fraction of sp³-hybridized carbons (Fsp3) is 0.333. The van der Waals surface area contributed by atoms with Crippen LogP contribution in [0.4, 0.5) is 0 Å². The molecule has 0 aliphatic heterocycles. The normalized spacial score (nSPS) is 9.89. The first kappa shape index (κ1) is 7.88. The molecule has 0 amide bonds. The Hall–Kier alpha value is -1.12. The maximum absolute atomic E-state index is 10.5. The quantitative estimate of drug-likeness (QED) is 0.429. The molecule has 0 aromatic heterocycles. The van der Waals surface area contributed by atoms with Gasteiger partial charge in [0.25, 0.3) is 0 Å². The lowest BCUT2D eigenvalue weighted by Crippen LogP contribution is -2.00. The monoisotopic (exact) mass is 127 g/mol. The van der Waals surface area contributed by atoms with Crippen LogP contribution in [-0.2, 0) is 9.59 Å². The standard InChI is InChI=1S/C6H9NO2/c1-5(8)4-6(9)2-3-7/h2-3H,4,7H2,1H3. The summed E-state index contributed by atoms with van der Waals surface area (Å²) in [5.41, 5.74) is 4.89. The van der Waals surface area contributed by atoms with E-state index in [-0.39, 0.29) is 18.0 Å². The van der Waals surface area contributed by atoms with Crippen LogP contribution in [-0.4, -0.2) is 11.6 Å². The van der Waals surface area contributed by atoms with Crippen molar-refractivity contribution in [2.75, 3.05) is 0 Å². The number of nitrogens with two attached hydrogens (primary N) is 1. The van der Waals surface area contributed by atoms with Crippen molar-refractivity contribution in [2.45, 2.75) is 13.3 Å². The zero-order valence-electron chi connectivity index (χ0n) is 5.26. The highest BCUT2D eigenvalue weighted by Crippen LogP contribution is 1.84. The molecule has 0 aromatic carbocycles. The molecule has 0 spiro atoms. The summed E-state index contributed by atoms with van der Waals surface area (Å²) in [6, 6.07) is 0. The first-order valence-electron chi connectivity index (χ1n) is 2.57. The fourth-order valence-electron chi connectivity index (χ4n) is 0.412. The Balaban J connectivity index is 3.64. The third kappa shape index (κ3) is 4.74. The Kier molecular flexibility index (Phi) is 3.35. The van der Waals surface area contributed by atoms with Crippen LogP contribution in [0, 0.1) is 0 Å². The number of carbonyl (C=O) groups is 2. The molecule has 0 bridgehead atoms. The second-order valence-corrected chi connectivity index (χ2v) is 1.70. The average Bonchev–Trinajstić information content (AvgIpc) is 1.63. The van der Waals surface area contributed by atoms with Gasteiger partial charge < -0.3 is 5.73 Å². The number of rotatable bonds is 3. The number of carbonyl (C=O) groups excluding carboxylic acids is 2. The molecule has 0 fully saturated rings. The molecule has 50 valence electrons. The lowest BCUT2D eigenvalue weighted by Gasteiger charge is -1.85. The second kappa shape index (κ2) is 3.83. The number of ketones is 2. The Labute approximate surface area is 53.5 Å². The van der Waals surface area contributed by atoms with E-state index in [1.165, 1.54) is 13.0 Å². The predicted octanol–water partition coefficient (Wildman–Crippen LogP) is 0.00700. The number of hydrogen-bond donors (Lipinski definition) is 1. The van der Waals surface area contributed by atoms with Gasteiger partial charge in [0.15, 0.2) is 5.78 Å². The van der Waals surface area contributed by atoms with Gasteiger partial charge in [-0.15, -0.1) is 0 Å². The van der Waals surface area contributed by atoms with Gasteiger partial charge in [0.05, 0.1) is 6.42 Å². The van der Waals surface area contributed by atoms with Crippen LogP contribution < -0.4 is 5.73 Å². The SMILES string of the molecule is CC(=O)CC(=O)C=CN. The molecular formula is C6H9NO2. The zero-order valence-corrected chi connectivity index (χ0v) is 5.26. The van der Waals surface area contributed by atoms with E-state index in [0.29, 0.717) is 0 Å². The van der Waals surface area contributed by atoms with E-state index in [0.717, 1.165) is 6.20 Å². The minimum Gasteiger partial charge on any atom is -0.404 e. The summed E-state index contributed by atoms with van der Waals surface area (Å²) in [6.07, 6.45) is 2.26. The van der Waals surface area contributed by atoms with Gasteiger partial charge in [0, 0.05) is 0 Å². The minimum absolute atomic E-state index is 0.0479. The summed E-state index contributed by atoms with van der Waals surface area (Å²) >= 11 is 0. The number of allylic oxidation sites excluding steroid dienone is 1. The van der Waals surface area contributed by atoms with Crippen molar-refractivity contribution in [3.05, 3.63) is 12.3 Å². The van der Waals surface area contributed by atoms with E-state index in [1.807, 2.05) is 0 Å². The minimum atomic E-state index is -0.245. The lowest BCUT2D eigenvalue weighted by atomic mass is 10.2. The molecule has 9 heavy (non-hydrogen) atoms. The van der Waals surface area contributed by atoms with Gasteiger partial charge in [-0.3, -0.25) is 9.59 Å². The van der Waals surface area contributed by atoms with Crippen molar-refractivity contribution in [1.82, 2.24) is 0 Å². The summed E-state index contributed by atoms with van der Waals surface area (Å²) in [5.74, 6) is -0.386. The lowest BCUT2D eigenvalue weighted by molar-refractivity contribution is -0.123. The molecule has 0 aromatic rings. The van der Waals surface area contributed by atoms with Crippen LogP contribution in [0.15, 0.2) is 12.3 Å². The van der Waals surface area contributed by atoms with E-state index < -0.39 is 0 Å². The van der Waals surface area contributed by atoms with Crippen LogP contribution >= 0.6 is 0 Å². The maximum atomic E-state index is 10.5. The molecule has 0 aliphatic rings. The van der Waals surface area contributed by atoms with Crippen molar-refractivity contribution in [3.63, 3.8) is 0 Å². The van der Waals surface area contributed by atoms with E-state index in [4.69, 9.17) is 5.73 Å². The molecule has 3 heteroatoms. The zero-order chi connectivity index (χ0) is 7.28. The highest BCUT2D eigenvalue weighted by molar-refractivity contribution is 6.03. The number of Topliss-reactive ketones (excluding diaryl/α,β-unsaturated/α-hetero) is 1. The predicted molar refractivity (Wildman–Crippen MR) is 33.6 cm³/mol. The Morgan fingerprint density at radius 3 is 2.44 bits per heavy atom. The van der Waals surface area contributed by atoms with Gasteiger partial charge >= 0.3 is 0 Å². The van der Waals surface area contributed by atoms with Crippen LogP contribution in [0.2, 0.25) is 0 Å². The topological polar surface area (TPSA) is 60.2 Å². The van der Waals surface area contributed by atoms with Crippen LogP contribution in [0.25, 0.3) is 0 Å². The molecule has 0 saturated heterocycles. The summed E-state index contributed by atoms with van der Waals surface area (Å²) < 4.78 is 0. The summed E-state index contributed by atoms with van der Waals surface area (Å²) in [7, 11) is 0. The molecule has 2 N–H and O–H groups in total. The molecule has 0 unspecified atom stereocenters. The number of hydrogen-bond acceptors (Lipinski definition) is 3. The maximum Gasteiger partial charge on any atom is 0.164 e. The van der Waals surface area contributed by atoms with Gasteiger partial charge in [0.1, 0.15) is 5.78 Å². The Morgan fingerprint density at radius 1 is 1.56 bits per heavy atom. The smallest absolute Gasteiger partial charge is 0.164 e. The fourth-order valence-corrected chi connectivity index (χ4v) is 0.412. The molecule has 0 aliphatic carbocycles. The van der Waals surface area contributed by atoms with E-state index in [1.54, 1.807) is 0 Å². The molecule has 0 radical (unpaired) electrons. The summed E-state index contributed by atoms with van der Waals surface area (Å²) in [4.78, 5) is 20.7. The van der Waals surface area contributed by atoms with Crippen LogP contribution in [0.1, 0.15) is 13.3 Å². The Bertz CT molecular complexity index is 149. The largest absolute Gasteiger partial charge is 0.404 e. The van der Waals surface area contributed by atoms with Crippen LogP contribution in [0.3, 0.4) is 0 Å². The summed E-state index contributed by atoms with van der Waals surface area (Å²) in [6.45, 7) is 1.36. The molecule has 0 heterocycles. The van der Waals surface area contributed by atoms with Gasteiger partial charge in [-0.05, 0) is 19.2 Å². The van der Waals surface area contributed by atoms with Gasteiger partial charge in [0.2, 0.25) is 0 Å². The first-order valence-corrected chi connectivity index (χ1v) is 2.57. The highest BCUT2D eigenvalue weighted by Gasteiger charge is 1.98. The molecule has 0 rings (SSSR count). The third-order valence-corrected chi connectivity index (χ3v) is 0.705. The van der Waals surface area contributed by atoms with Crippen molar-refractivity contribution >= 4 is 11.6 Å². The van der Waals surface area contributed by atoms with E-state index >= 15 is 0 Å². The highest BCUT2D eigenvalue weighted by atomic mass is 16.1. The van der Waals surface area contributed by atoms with Crippen LogP contribution in [0.5, 0.6) is 0 Å². The van der Waals surface area contributed by atoms with E-state index in [9.17, 15) is 9.59 Å². The first-order chi connectivity index (χ1) is 4.16. The van der Waals surface area contributed by atoms with Crippen molar-refractivity contribution in [2.24, 2.45) is 5.73 Å². The van der Waals surface area contributed by atoms with Gasteiger partial charge in [-0.2, -0.15) is 0 Å². The molecule has 3 nitrogen and oxygen atoms in total. The molecule has 0 atom stereocenters. The Morgan fingerprint density at radius 2 is 2.11 bits per heavy atom.